The van der Waals surface area contributed by atoms with E-state index in [1.165, 1.54) is 0 Å². The molecule has 66 valence electrons. The van der Waals surface area contributed by atoms with Crippen LogP contribution in [-0.4, -0.2) is 12.3 Å². The molecule has 0 saturated heterocycles. The molecular formula is C9H19NO. The molecule has 0 aromatic rings. The maximum absolute atomic E-state index is 11.3. The minimum absolute atomic E-state index is 0.125. The van der Waals surface area contributed by atoms with Crippen LogP contribution in [0.25, 0.3) is 0 Å². The number of carbonyl (C=O) groups is 1. The summed E-state index contributed by atoms with van der Waals surface area (Å²) in [6.07, 6.45) is 3.65. The van der Waals surface area contributed by atoms with Crippen molar-refractivity contribution in [3.05, 3.63) is 0 Å². The molecule has 0 aliphatic rings. The molecule has 0 heterocycles. The molecule has 0 aromatic heterocycles. The summed E-state index contributed by atoms with van der Waals surface area (Å²) in [4.78, 5) is 11.3. The van der Waals surface area contributed by atoms with Crippen molar-refractivity contribution in [3.8, 4) is 0 Å². The van der Waals surface area contributed by atoms with Gasteiger partial charge in [-0.3, -0.25) is 4.79 Å². The second-order valence-electron chi connectivity index (χ2n) is 2.94. The van der Waals surface area contributed by atoms with Crippen molar-refractivity contribution >= 4 is 5.78 Å². The molecule has 0 aliphatic heterocycles. The van der Waals surface area contributed by atoms with Gasteiger partial charge in [-0.25, -0.2) is 0 Å². The molecule has 0 spiro atoms. The first kappa shape index (κ1) is 10.6. The number of hydrogen-bond acceptors (Lipinski definition) is 2. The first-order chi connectivity index (χ1) is 5.26. The van der Waals surface area contributed by atoms with Crippen LogP contribution in [0.3, 0.4) is 0 Å². The van der Waals surface area contributed by atoms with Crippen molar-refractivity contribution in [1.29, 1.82) is 0 Å². The molecule has 2 nitrogen and oxygen atoms in total. The Morgan fingerprint density at radius 2 is 2.00 bits per heavy atom. The van der Waals surface area contributed by atoms with E-state index in [0.29, 0.717) is 18.7 Å². The highest BCUT2D eigenvalue weighted by atomic mass is 16.1. The Balaban J connectivity index is 3.71. The number of rotatable bonds is 6. The molecule has 2 N–H and O–H groups in total. The molecule has 0 saturated carbocycles. The fourth-order valence-corrected chi connectivity index (χ4v) is 1.21. The molecule has 2 heteroatoms. The van der Waals surface area contributed by atoms with E-state index in [-0.39, 0.29) is 5.92 Å². The van der Waals surface area contributed by atoms with Gasteiger partial charge >= 0.3 is 0 Å². The Hall–Kier alpha value is -0.370. The van der Waals surface area contributed by atoms with Crippen molar-refractivity contribution in [2.75, 3.05) is 6.54 Å². The van der Waals surface area contributed by atoms with Crippen LogP contribution in [0.2, 0.25) is 0 Å². The van der Waals surface area contributed by atoms with E-state index in [9.17, 15) is 4.79 Å². The van der Waals surface area contributed by atoms with Gasteiger partial charge in [0, 0.05) is 18.9 Å². The molecule has 0 amide bonds. The fourth-order valence-electron chi connectivity index (χ4n) is 1.21. The molecule has 0 aliphatic carbocycles. The van der Waals surface area contributed by atoms with Crippen LogP contribution in [0.1, 0.15) is 39.5 Å². The molecule has 0 fully saturated rings. The van der Waals surface area contributed by atoms with Gasteiger partial charge in [0.1, 0.15) is 5.78 Å². The molecule has 1 unspecified atom stereocenters. The van der Waals surface area contributed by atoms with E-state index < -0.39 is 0 Å². The SMILES string of the molecule is CCCC(=O)C(CN)CCC. The maximum atomic E-state index is 11.3. The van der Waals surface area contributed by atoms with E-state index in [1.54, 1.807) is 0 Å². The number of carbonyl (C=O) groups excluding carboxylic acids is 1. The zero-order chi connectivity index (χ0) is 8.69. The molecular weight excluding hydrogens is 138 g/mol. The lowest BCUT2D eigenvalue weighted by Crippen LogP contribution is -2.23. The Kier molecular flexibility index (Phi) is 6.13. The smallest absolute Gasteiger partial charge is 0.137 e. The summed E-state index contributed by atoms with van der Waals surface area (Å²) in [5.41, 5.74) is 5.47. The quantitative estimate of drug-likeness (QED) is 0.638. The zero-order valence-corrected chi connectivity index (χ0v) is 7.60. The summed E-state index contributed by atoms with van der Waals surface area (Å²) >= 11 is 0. The van der Waals surface area contributed by atoms with Crippen LogP contribution < -0.4 is 5.73 Å². The Labute approximate surface area is 69.2 Å². The standard InChI is InChI=1S/C9H19NO/c1-3-5-8(7-10)9(11)6-4-2/h8H,3-7,10H2,1-2H3. The first-order valence-corrected chi connectivity index (χ1v) is 4.49. The van der Waals surface area contributed by atoms with Crippen LogP contribution in [0.5, 0.6) is 0 Å². The molecule has 0 aromatic carbocycles. The summed E-state index contributed by atoms with van der Waals surface area (Å²) in [5.74, 6) is 0.469. The lowest BCUT2D eigenvalue weighted by atomic mass is 9.96. The van der Waals surface area contributed by atoms with Crippen LogP contribution in [0, 0.1) is 5.92 Å². The minimum Gasteiger partial charge on any atom is -0.330 e. The van der Waals surface area contributed by atoms with E-state index >= 15 is 0 Å². The Morgan fingerprint density at radius 3 is 2.36 bits per heavy atom. The maximum Gasteiger partial charge on any atom is 0.137 e. The van der Waals surface area contributed by atoms with Crippen molar-refractivity contribution in [1.82, 2.24) is 0 Å². The van der Waals surface area contributed by atoms with Crippen LogP contribution in [0.4, 0.5) is 0 Å². The van der Waals surface area contributed by atoms with Gasteiger partial charge in [-0.1, -0.05) is 20.3 Å². The monoisotopic (exact) mass is 157 g/mol. The van der Waals surface area contributed by atoms with Crippen LogP contribution >= 0.6 is 0 Å². The summed E-state index contributed by atoms with van der Waals surface area (Å²) in [5, 5.41) is 0. The predicted molar refractivity (Wildman–Crippen MR) is 47.4 cm³/mol. The van der Waals surface area contributed by atoms with Crippen molar-refractivity contribution in [2.45, 2.75) is 39.5 Å². The largest absolute Gasteiger partial charge is 0.330 e. The second kappa shape index (κ2) is 6.35. The predicted octanol–water partition coefficient (Wildman–Crippen LogP) is 1.73. The van der Waals surface area contributed by atoms with E-state index in [0.717, 1.165) is 19.3 Å². The third kappa shape index (κ3) is 4.14. The summed E-state index contributed by atoms with van der Waals surface area (Å²) in [7, 11) is 0. The van der Waals surface area contributed by atoms with Gasteiger partial charge in [0.15, 0.2) is 0 Å². The van der Waals surface area contributed by atoms with Crippen molar-refractivity contribution < 1.29 is 4.79 Å². The summed E-state index contributed by atoms with van der Waals surface area (Å²) in [6, 6.07) is 0. The van der Waals surface area contributed by atoms with Crippen LogP contribution in [-0.2, 0) is 4.79 Å². The van der Waals surface area contributed by atoms with Gasteiger partial charge in [-0.2, -0.15) is 0 Å². The molecule has 0 bridgehead atoms. The number of ketones is 1. The fraction of sp³-hybridized carbons (Fsp3) is 0.889. The number of Topliss-reactive ketones (excluding diaryl/α,β-unsaturated/α-hetero) is 1. The van der Waals surface area contributed by atoms with Crippen molar-refractivity contribution in [2.24, 2.45) is 11.7 Å². The molecule has 0 radical (unpaired) electrons. The van der Waals surface area contributed by atoms with Crippen molar-refractivity contribution in [3.63, 3.8) is 0 Å². The molecule has 0 rings (SSSR count). The lowest BCUT2D eigenvalue weighted by molar-refractivity contribution is -0.122. The minimum atomic E-state index is 0.125. The highest BCUT2D eigenvalue weighted by Crippen LogP contribution is 2.09. The zero-order valence-electron chi connectivity index (χ0n) is 7.60. The summed E-state index contributed by atoms with van der Waals surface area (Å²) < 4.78 is 0. The molecule has 1 atom stereocenters. The normalized spacial score (nSPS) is 13.0. The second-order valence-corrected chi connectivity index (χ2v) is 2.94. The highest BCUT2D eigenvalue weighted by Gasteiger charge is 2.13. The van der Waals surface area contributed by atoms with Gasteiger partial charge in [-0.15, -0.1) is 0 Å². The third-order valence-electron chi connectivity index (χ3n) is 1.87. The first-order valence-electron chi connectivity index (χ1n) is 4.49. The topological polar surface area (TPSA) is 43.1 Å². The third-order valence-corrected chi connectivity index (χ3v) is 1.87. The van der Waals surface area contributed by atoms with Crippen LogP contribution in [0.15, 0.2) is 0 Å². The molecule has 11 heavy (non-hydrogen) atoms. The number of nitrogens with two attached hydrogens (primary N) is 1. The van der Waals surface area contributed by atoms with Gasteiger partial charge in [0.25, 0.3) is 0 Å². The van der Waals surface area contributed by atoms with Gasteiger partial charge in [0.2, 0.25) is 0 Å². The lowest BCUT2D eigenvalue weighted by Gasteiger charge is -2.10. The van der Waals surface area contributed by atoms with Gasteiger partial charge < -0.3 is 5.73 Å². The Bertz CT molecular complexity index is 112. The van der Waals surface area contributed by atoms with Gasteiger partial charge in [-0.05, 0) is 12.8 Å². The Morgan fingerprint density at radius 1 is 1.36 bits per heavy atom. The van der Waals surface area contributed by atoms with E-state index in [1.807, 2.05) is 6.92 Å². The summed E-state index contributed by atoms with van der Waals surface area (Å²) in [6.45, 7) is 4.63. The van der Waals surface area contributed by atoms with E-state index in [4.69, 9.17) is 5.73 Å². The van der Waals surface area contributed by atoms with E-state index in [2.05, 4.69) is 6.92 Å². The van der Waals surface area contributed by atoms with Gasteiger partial charge in [0.05, 0.1) is 0 Å². The average molecular weight is 157 g/mol. The highest BCUT2D eigenvalue weighted by molar-refractivity contribution is 5.81. The number of hydrogen-bond donors (Lipinski definition) is 1. The average Bonchev–Trinajstić information content (AvgIpc) is 2.00.